The molecule has 0 aliphatic carbocycles. The van der Waals surface area contributed by atoms with Crippen molar-refractivity contribution in [2.75, 3.05) is 4.31 Å². The molecule has 0 amide bonds. The molecule has 0 radical (unpaired) electrons. The first-order chi connectivity index (χ1) is 14.1. The number of hydrogen-bond acceptors (Lipinski definition) is 5. The molecule has 0 fully saturated rings. The van der Waals surface area contributed by atoms with E-state index in [0.717, 1.165) is 15.4 Å². The fourth-order valence-corrected chi connectivity index (χ4v) is 4.37. The molecular weight excluding hydrogens is 422 g/mol. The largest absolute Gasteiger partial charge is 0.368 e. The number of halogens is 1. The maximum Gasteiger partial charge on any atom is 0.271 e. The molecule has 1 aromatic heterocycles. The molecule has 0 aliphatic heterocycles. The molecule has 2 N–H and O–H groups in total. The van der Waals surface area contributed by atoms with Gasteiger partial charge in [0.25, 0.3) is 16.0 Å². The van der Waals surface area contributed by atoms with Crippen molar-refractivity contribution in [3.63, 3.8) is 0 Å². The Morgan fingerprint density at radius 2 is 1.57 bits per heavy atom. The Morgan fingerprint density at radius 3 is 2.13 bits per heavy atom. The van der Waals surface area contributed by atoms with Gasteiger partial charge in [-0.05, 0) is 63.6 Å². The molecule has 30 heavy (non-hydrogen) atoms. The van der Waals surface area contributed by atoms with Gasteiger partial charge in [-0.25, -0.2) is 22.7 Å². The lowest BCUT2D eigenvalue weighted by Gasteiger charge is -2.24. The molecule has 9 heteroatoms. The highest BCUT2D eigenvalue weighted by molar-refractivity contribution is 7.93. The molecule has 0 spiro atoms. The van der Waals surface area contributed by atoms with Crippen molar-refractivity contribution in [3.05, 3.63) is 76.1 Å². The number of nitrogens with zero attached hydrogens (tertiary/aromatic N) is 4. The standard InChI is InChI=1S/C21H22ClN5O2S/c1-13-5-9-18(10-6-13)30(28,29)27(17-8-7-14(2)19(22)12-17)20(23)26-21-24-15(3)11-16(4)25-21/h5-12H,1-4H3,(H2,23,24,25,26). The van der Waals surface area contributed by atoms with E-state index in [0.29, 0.717) is 16.4 Å². The topological polar surface area (TPSA) is 102 Å². The van der Waals surface area contributed by atoms with E-state index in [1.54, 1.807) is 44.2 Å². The minimum atomic E-state index is -4.08. The molecule has 0 bridgehead atoms. The zero-order valence-electron chi connectivity index (χ0n) is 17.1. The number of rotatable bonds is 4. The quantitative estimate of drug-likeness (QED) is 0.480. The number of aryl methyl sites for hydroxylation is 4. The van der Waals surface area contributed by atoms with E-state index in [4.69, 9.17) is 17.3 Å². The molecule has 0 atom stereocenters. The zero-order chi connectivity index (χ0) is 22.1. The average molecular weight is 444 g/mol. The second-order valence-electron chi connectivity index (χ2n) is 6.94. The SMILES string of the molecule is Cc1ccc(S(=O)(=O)N(/C(N)=N/c2nc(C)cc(C)n2)c2ccc(C)c(Cl)c2)cc1. The summed E-state index contributed by atoms with van der Waals surface area (Å²) in [5.74, 6) is -0.215. The molecule has 0 aliphatic rings. The number of nitrogens with two attached hydrogens (primary N) is 1. The van der Waals surface area contributed by atoms with Crippen LogP contribution in [0.4, 0.5) is 11.6 Å². The van der Waals surface area contributed by atoms with Crippen molar-refractivity contribution in [3.8, 4) is 0 Å². The van der Waals surface area contributed by atoms with Crippen LogP contribution in [0.2, 0.25) is 5.02 Å². The summed E-state index contributed by atoms with van der Waals surface area (Å²) in [4.78, 5) is 12.7. The Kier molecular flexibility index (Phi) is 6.09. The summed E-state index contributed by atoms with van der Waals surface area (Å²) in [6.45, 7) is 7.29. The van der Waals surface area contributed by atoms with Crippen LogP contribution < -0.4 is 10.0 Å². The van der Waals surface area contributed by atoms with Crippen molar-refractivity contribution in [1.82, 2.24) is 9.97 Å². The number of anilines is 1. The summed E-state index contributed by atoms with van der Waals surface area (Å²) in [6.07, 6.45) is 0. The van der Waals surface area contributed by atoms with E-state index in [9.17, 15) is 8.42 Å². The van der Waals surface area contributed by atoms with Crippen LogP contribution in [0.1, 0.15) is 22.5 Å². The summed E-state index contributed by atoms with van der Waals surface area (Å²) in [6, 6.07) is 13.1. The highest BCUT2D eigenvalue weighted by Gasteiger charge is 2.29. The Bertz CT molecular complexity index is 1200. The maximum absolute atomic E-state index is 13.5. The lowest BCUT2D eigenvalue weighted by atomic mass is 10.2. The number of hydrogen-bond donors (Lipinski definition) is 1. The van der Waals surface area contributed by atoms with Gasteiger partial charge in [0, 0.05) is 16.4 Å². The summed E-state index contributed by atoms with van der Waals surface area (Å²) >= 11 is 6.25. The highest BCUT2D eigenvalue weighted by Crippen LogP contribution is 2.28. The Hall–Kier alpha value is -2.97. The lowest BCUT2D eigenvalue weighted by Crippen LogP contribution is -2.42. The fraction of sp³-hybridized carbons (Fsp3) is 0.190. The minimum Gasteiger partial charge on any atom is -0.368 e. The van der Waals surface area contributed by atoms with Gasteiger partial charge in [-0.1, -0.05) is 35.4 Å². The van der Waals surface area contributed by atoms with Crippen molar-refractivity contribution < 1.29 is 8.42 Å². The third-order valence-corrected chi connectivity index (χ3v) is 6.50. The summed E-state index contributed by atoms with van der Waals surface area (Å²) in [5, 5.41) is 0.409. The van der Waals surface area contributed by atoms with Gasteiger partial charge in [0.2, 0.25) is 5.96 Å². The van der Waals surface area contributed by atoms with Crippen molar-refractivity contribution in [2.24, 2.45) is 10.7 Å². The number of sulfonamides is 1. The zero-order valence-corrected chi connectivity index (χ0v) is 18.7. The fourth-order valence-electron chi connectivity index (χ4n) is 2.82. The van der Waals surface area contributed by atoms with Crippen LogP contribution in [-0.4, -0.2) is 24.3 Å². The van der Waals surface area contributed by atoms with Gasteiger partial charge in [-0.15, -0.1) is 0 Å². The second-order valence-corrected chi connectivity index (χ2v) is 9.13. The van der Waals surface area contributed by atoms with E-state index < -0.39 is 10.0 Å². The van der Waals surface area contributed by atoms with Gasteiger partial charge in [0.15, 0.2) is 0 Å². The molecule has 3 rings (SSSR count). The summed E-state index contributed by atoms with van der Waals surface area (Å²) in [7, 11) is -4.08. The third kappa shape index (κ3) is 4.60. The predicted octanol–water partition coefficient (Wildman–Crippen LogP) is 4.21. The maximum atomic E-state index is 13.5. The molecule has 0 saturated carbocycles. The first-order valence-electron chi connectivity index (χ1n) is 9.12. The van der Waals surface area contributed by atoms with Crippen LogP contribution in [0.15, 0.2) is 58.4 Å². The van der Waals surface area contributed by atoms with Crippen LogP contribution >= 0.6 is 11.6 Å². The van der Waals surface area contributed by atoms with Crippen LogP contribution in [-0.2, 0) is 10.0 Å². The molecule has 1 heterocycles. The van der Waals surface area contributed by atoms with Gasteiger partial charge in [0.1, 0.15) is 0 Å². The van der Waals surface area contributed by atoms with E-state index in [1.165, 1.54) is 18.2 Å². The molecule has 7 nitrogen and oxygen atoms in total. The van der Waals surface area contributed by atoms with Gasteiger partial charge >= 0.3 is 0 Å². The van der Waals surface area contributed by atoms with Crippen LogP contribution in [0, 0.1) is 27.7 Å². The molecular formula is C21H22ClN5O2S. The van der Waals surface area contributed by atoms with Crippen LogP contribution in [0.5, 0.6) is 0 Å². The van der Waals surface area contributed by atoms with Gasteiger partial charge in [-0.2, -0.15) is 4.99 Å². The Labute approximate surface area is 181 Å². The number of guanidine groups is 1. The molecule has 0 saturated heterocycles. The molecule has 2 aromatic carbocycles. The minimum absolute atomic E-state index is 0.0734. The Balaban J connectivity index is 2.19. The Morgan fingerprint density at radius 1 is 0.967 bits per heavy atom. The summed E-state index contributed by atoms with van der Waals surface area (Å²) in [5.41, 5.74) is 9.59. The smallest absolute Gasteiger partial charge is 0.271 e. The highest BCUT2D eigenvalue weighted by atomic mass is 35.5. The number of aromatic nitrogens is 2. The van der Waals surface area contributed by atoms with Gasteiger partial charge < -0.3 is 5.73 Å². The second kappa shape index (κ2) is 8.41. The average Bonchev–Trinajstić information content (AvgIpc) is 2.64. The molecule has 0 unspecified atom stereocenters. The predicted molar refractivity (Wildman–Crippen MR) is 120 cm³/mol. The van der Waals surface area contributed by atoms with E-state index >= 15 is 0 Å². The monoisotopic (exact) mass is 443 g/mol. The molecule has 3 aromatic rings. The van der Waals surface area contributed by atoms with Gasteiger partial charge in [-0.3, -0.25) is 0 Å². The molecule has 156 valence electrons. The summed E-state index contributed by atoms with van der Waals surface area (Å²) < 4.78 is 27.9. The van der Waals surface area contributed by atoms with E-state index in [2.05, 4.69) is 15.0 Å². The third-order valence-electron chi connectivity index (χ3n) is 4.34. The lowest BCUT2D eigenvalue weighted by molar-refractivity contribution is 0.597. The van der Waals surface area contributed by atoms with Crippen LogP contribution in [0.3, 0.4) is 0 Å². The van der Waals surface area contributed by atoms with Crippen molar-refractivity contribution in [1.29, 1.82) is 0 Å². The normalized spacial score (nSPS) is 12.1. The first kappa shape index (κ1) is 21.7. The van der Waals surface area contributed by atoms with Crippen molar-refractivity contribution in [2.45, 2.75) is 32.6 Å². The first-order valence-corrected chi connectivity index (χ1v) is 10.9. The van der Waals surface area contributed by atoms with Crippen LogP contribution in [0.25, 0.3) is 0 Å². The number of aliphatic imine (C=N–C) groups is 1. The van der Waals surface area contributed by atoms with E-state index in [-0.39, 0.29) is 22.5 Å². The van der Waals surface area contributed by atoms with E-state index in [1.807, 2.05) is 13.8 Å². The van der Waals surface area contributed by atoms with Gasteiger partial charge in [0.05, 0.1) is 10.6 Å². The number of benzene rings is 2. The van der Waals surface area contributed by atoms with Crippen molar-refractivity contribution >= 4 is 39.2 Å².